The van der Waals surface area contributed by atoms with Crippen molar-refractivity contribution in [1.29, 1.82) is 10.5 Å². The Morgan fingerprint density at radius 2 is 0.944 bits per heavy atom. The third kappa shape index (κ3) is 12.6. The van der Waals surface area contributed by atoms with Gasteiger partial charge in [0.1, 0.15) is 59.8 Å². The number of hydrogen-bond donors (Lipinski definition) is 2. The van der Waals surface area contributed by atoms with Crippen LogP contribution < -0.4 is 20.9 Å². The van der Waals surface area contributed by atoms with E-state index < -0.39 is 57.9 Å². The first-order valence-electron chi connectivity index (χ1n) is 27.9. The van der Waals surface area contributed by atoms with Gasteiger partial charge in [0.05, 0.1) is 92.1 Å². The molecular weight excluding hydrogens is 1160 g/mol. The van der Waals surface area contributed by atoms with Gasteiger partial charge in [-0.25, -0.2) is 55.9 Å². The average Bonchev–Trinajstić information content (AvgIpc) is 1.80. The topological polar surface area (TPSA) is 241 Å². The van der Waals surface area contributed by atoms with E-state index in [-0.39, 0.29) is 143 Å². The molecule has 2 aliphatic rings. The molecule has 6 aromatic carbocycles. The third-order valence-corrected chi connectivity index (χ3v) is 15.6. The van der Waals surface area contributed by atoms with Crippen molar-refractivity contribution in [2.24, 2.45) is 11.5 Å². The van der Waals surface area contributed by atoms with Gasteiger partial charge >= 0.3 is 11.9 Å². The van der Waals surface area contributed by atoms with E-state index in [2.05, 4.69) is 9.97 Å². The van der Waals surface area contributed by atoms with Crippen LogP contribution in [0, 0.1) is 57.6 Å². The van der Waals surface area contributed by atoms with Gasteiger partial charge in [-0.3, -0.25) is 0 Å². The summed E-state index contributed by atoms with van der Waals surface area (Å²) in [7, 11) is 0. The molecule has 0 aliphatic carbocycles. The van der Waals surface area contributed by atoms with Crippen molar-refractivity contribution in [3.63, 3.8) is 0 Å². The highest BCUT2D eigenvalue weighted by atomic mass is 19.1. The lowest BCUT2D eigenvalue weighted by Crippen LogP contribution is -2.44. The van der Waals surface area contributed by atoms with Crippen LogP contribution in [0.4, 0.5) is 26.3 Å². The molecule has 2 aliphatic heterocycles. The second-order valence-corrected chi connectivity index (χ2v) is 22.0. The molecule has 2 saturated heterocycles. The van der Waals surface area contributed by atoms with Crippen molar-refractivity contribution in [2.75, 3.05) is 26.4 Å². The number of imidazole rings is 2. The number of carbonyl (C=O) groups excluding carboxylic acids is 2. The maximum atomic E-state index is 16.2. The quantitative estimate of drug-likeness (QED) is 0.0461. The van der Waals surface area contributed by atoms with Gasteiger partial charge in [0, 0.05) is 73.5 Å². The largest absolute Gasteiger partial charge is 0.473 e. The van der Waals surface area contributed by atoms with Crippen LogP contribution in [0.5, 0.6) is 11.8 Å². The van der Waals surface area contributed by atoms with Gasteiger partial charge in [-0.05, 0) is 121 Å². The van der Waals surface area contributed by atoms with Crippen molar-refractivity contribution >= 4 is 34.0 Å². The number of benzene rings is 6. The van der Waals surface area contributed by atoms with E-state index in [9.17, 15) is 18.4 Å². The Balaban J connectivity index is 0.778. The summed E-state index contributed by atoms with van der Waals surface area (Å²) in [4.78, 5) is 46.2. The molecule has 2 atom stereocenters. The molecule has 0 bridgehead atoms. The van der Waals surface area contributed by atoms with E-state index in [1.54, 1.807) is 9.13 Å². The smallest absolute Gasteiger partial charge is 0.346 e. The Hall–Kier alpha value is -10.3. The average molecular weight is 1210 g/mol. The van der Waals surface area contributed by atoms with Crippen LogP contribution in [0.2, 0.25) is 0 Å². The zero-order chi connectivity index (χ0) is 62.1. The molecule has 0 spiro atoms. The van der Waals surface area contributed by atoms with Crippen molar-refractivity contribution in [2.45, 2.75) is 63.1 Å². The first kappa shape index (κ1) is 59.1. The molecule has 4 aromatic heterocycles. The van der Waals surface area contributed by atoms with Gasteiger partial charge in [0.2, 0.25) is 11.8 Å². The number of nitrogens with two attached hydrogens (primary N) is 2. The third-order valence-electron chi connectivity index (χ3n) is 15.6. The number of rotatable bonds is 18. The van der Waals surface area contributed by atoms with E-state index in [0.29, 0.717) is 48.1 Å². The van der Waals surface area contributed by atoms with Crippen molar-refractivity contribution in [3.8, 4) is 46.4 Å². The summed E-state index contributed by atoms with van der Waals surface area (Å²) < 4.78 is 125. The van der Waals surface area contributed by atoms with Crippen LogP contribution in [-0.2, 0) is 53.4 Å². The van der Waals surface area contributed by atoms with Crippen LogP contribution in [0.3, 0.4) is 0 Å². The minimum atomic E-state index is -1.03. The Labute approximate surface area is 503 Å². The van der Waals surface area contributed by atoms with E-state index in [1.807, 2.05) is 12.1 Å². The van der Waals surface area contributed by atoms with E-state index in [1.165, 1.54) is 97.1 Å². The summed E-state index contributed by atoms with van der Waals surface area (Å²) in [5, 5.41) is 18.1. The lowest BCUT2D eigenvalue weighted by molar-refractivity contribution is 0.0397. The van der Waals surface area contributed by atoms with Crippen LogP contribution in [0.15, 0.2) is 133 Å². The normalized spacial score (nSPS) is 16.4. The Morgan fingerprint density at radius 3 is 1.34 bits per heavy atom. The molecule has 448 valence electrons. The fourth-order valence-corrected chi connectivity index (χ4v) is 10.8. The van der Waals surface area contributed by atoms with Gasteiger partial charge in [-0.2, -0.15) is 10.5 Å². The first-order chi connectivity index (χ1) is 42.9. The molecule has 0 radical (unpaired) electrons. The van der Waals surface area contributed by atoms with Crippen molar-refractivity contribution in [1.82, 2.24) is 29.1 Å². The number of carbonyl (C=O) groups is 2. The Kier molecular flexibility index (Phi) is 16.2. The molecule has 23 heteroatoms. The van der Waals surface area contributed by atoms with E-state index >= 15 is 17.6 Å². The SMILES string of the molecule is N#Cc1ccc(COc2cccc(-c3cc(F)c(Cc4nc5ccc(C(=O)OC(=O)c6ccc7nc(Cc8cc(F)c(-c9cccc(OCc%10ccc(C#N)cc%10F)n9)cc8F)n(CC8(N)CCOC8)c7c6)cc5n4CC4(N)CCOC4)cc3F)n2)c(F)c1. The highest BCUT2D eigenvalue weighted by molar-refractivity contribution is 6.05. The molecule has 4 N–H and O–H groups in total. The molecule has 0 saturated carbocycles. The van der Waals surface area contributed by atoms with Gasteiger partial charge in [0.15, 0.2) is 0 Å². The zero-order valence-corrected chi connectivity index (χ0v) is 47.0. The number of hydrogen-bond acceptors (Lipinski definition) is 15. The van der Waals surface area contributed by atoms with Crippen LogP contribution in [0.1, 0.15) is 78.6 Å². The number of aromatic nitrogens is 6. The van der Waals surface area contributed by atoms with E-state index in [0.717, 1.165) is 36.4 Å². The molecule has 2 unspecified atom stereocenters. The molecule has 6 heterocycles. The Morgan fingerprint density at radius 1 is 0.517 bits per heavy atom. The summed E-state index contributed by atoms with van der Waals surface area (Å²) >= 11 is 0. The minimum absolute atomic E-state index is 0.0157. The van der Waals surface area contributed by atoms with Crippen LogP contribution in [0.25, 0.3) is 44.6 Å². The summed E-state index contributed by atoms with van der Waals surface area (Å²) in [6, 6.07) is 33.4. The van der Waals surface area contributed by atoms with Crippen LogP contribution in [-0.4, -0.2) is 78.5 Å². The van der Waals surface area contributed by atoms with E-state index in [4.69, 9.17) is 55.6 Å². The molecule has 0 amide bonds. The monoisotopic (exact) mass is 1210 g/mol. The van der Waals surface area contributed by atoms with Crippen molar-refractivity contribution < 1.29 is 59.6 Å². The number of fused-ring (bicyclic) bond motifs is 2. The summed E-state index contributed by atoms with van der Waals surface area (Å²) in [6.45, 7) is 0.790. The molecule has 17 nitrogen and oxygen atoms in total. The second kappa shape index (κ2) is 24.5. The van der Waals surface area contributed by atoms with Gasteiger partial charge in [-0.1, -0.05) is 24.3 Å². The maximum Gasteiger partial charge on any atom is 0.346 e. The lowest BCUT2D eigenvalue weighted by atomic mass is 9.99. The Bertz CT molecular complexity index is 4260. The standard InChI is InChI=1S/C66H50F6N10O7/c67-47-19-37(29-73)7-9-41(47)31-87-61-5-1-3-53(79-61)45-27-49(69)43(21-51(45)71)25-59-77-55-13-11-39(23-57(55)81(59)33-65(75)15-17-85-35-65)63(83)89-64(84)40-12-14-56-58(24-40)82(34-66(76)16-18-86-36-66)60(78-56)26-44-22-52(72)46(28-50(44)70)54-4-2-6-62(80-54)88-32-42-10-8-38(30-74)20-48(42)68/h1-14,19-24,27-28H,15-18,25-26,31-36,75-76H2. The van der Waals surface area contributed by atoms with Crippen molar-refractivity contribution in [3.05, 3.63) is 225 Å². The highest BCUT2D eigenvalue weighted by Crippen LogP contribution is 2.33. The van der Waals surface area contributed by atoms with Crippen LogP contribution >= 0.6 is 0 Å². The zero-order valence-electron chi connectivity index (χ0n) is 47.0. The number of esters is 2. The first-order valence-corrected chi connectivity index (χ1v) is 27.9. The number of nitrogens with zero attached hydrogens (tertiary/aromatic N) is 8. The maximum absolute atomic E-state index is 16.2. The molecule has 89 heavy (non-hydrogen) atoms. The number of pyridine rings is 2. The molecular formula is C66H50F6N10O7. The predicted molar refractivity (Wildman–Crippen MR) is 310 cm³/mol. The fourth-order valence-electron chi connectivity index (χ4n) is 10.8. The van der Waals surface area contributed by atoms with Gasteiger partial charge in [-0.15, -0.1) is 0 Å². The van der Waals surface area contributed by atoms with Gasteiger partial charge < -0.3 is 44.3 Å². The molecule has 12 rings (SSSR count). The highest BCUT2D eigenvalue weighted by Gasteiger charge is 2.35. The number of halogens is 6. The molecule has 10 aromatic rings. The summed E-state index contributed by atoms with van der Waals surface area (Å²) in [5.74, 6) is -5.97. The number of nitriles is 2. The summed E-state index contributed by atoms with van der Waals surface area (Å²) in [5.41, 5.74) is 13.4. The van der Waals surface area contributed by atoms with Gasteiger partial charge in [0.25, 0.3) is 0 Å². The minimum Gasteiger partial charge on any atom is -0.473 e. The second-order valence-electron chi connectivity index (χ2n) is 22.0. The fraction of sp³-hybridized carbons (Fsp3) is 0.212. The molecule has 2 fully saturated rings. The lowest BCUT2D eigenvalue weighted by Gasteiger charge is -2.24. The predicted octanol–water partition coefficient (Wildman–Crippen LogP) is 10.7. The summed E-state index contributed by atoms with van der Waals surface area (Å²) in [6.07, 6.45) is 0.449. The number of ether oxygens (including phenoxy) is 5.